The molecule has 3 N–H and O–H groups in total. The average Bonchev–Trinajstić information content (AvgIpc) is 2.99. The number of nitrogens with zero attached hydrogens (tertiary/aromatic N) is 2. The predicted octanol–water partition coefficient (Wildman–Crippen LogP) is 5.38. The standard InChI is InChI=1S/C35H52N4O3/c1-6-7-19-39(20-15-28(16-21-39)32(36)34(41)38-17-22-42-23-18-38)26(2)24-27-9-8-10-31(25-27)37-33(40)29-11-13-30(14-12-29)35(3,4)5/h8-14,25-26,28,32H,6-7,15-24,36H2,1-5H3/p+1. The maximum atomic E-state index is 13.1. The Balaban J connectivity index is 1.38. The monoisotopic (exact) mass is 577 g/mol. The fourth-order valence-electron chi connectivity index (χ4n) is 6.65. The molecule has 4 rings (SSSR count). The molecule has 0 radical (unpaired) electrons. The number of unbranched alkanes of at least 4 members (excludes halogenated alkanes) is 1. The molecule has 7 nitrogen and oxygen atoms in total. The van der Waals surface area contributed by atoms with Crippen molar-refractivity contribution in [2.24, 2.45) is 11.7 Å². The molecule has 2 aliphatic rings. The van der Waals surface area contributed by atoms with E-state index in [1.165, 1.54) is 24.0 Å². The van der Waals surface area contributed by atoms with Crippen LogP contribution in [-0.4, -0.2) is 79.2 Å². The largest absolute Gasteiger partial charge is 0.378 e. The molecule has 0 bridgehead atoms. The highest BCUT2D eigenvalue weighted by molar-refractivity contribution is 6.04. The summed E-state index contributed by atoms with van der Waals surface area (Å²) in [6.07, 6.45) is 5.27. The minimum atomic E-state index is -0.420. The quantitative estimate of drug-likeness (QED) is 0.372. The van der Waals surface area contributed by atoms with Crippen LogP contribution in [0.3, 0.4) is 0 Å². The van der Waals surface area contributed by atoms with E-state index < -0.39 is 6.04 Å². The van der Waals surface area contributed by atoms with Crippen LogP contribution in [0.1, 0.15) is 81.8 Å². The van der Waals surface area contributed by atoms with E-state index in [0.717, 1.165) is 49.1 Å². The van der Waals surface area contributed by atoms with Crippen LogP contribution in [-0.2, 0) is 21.4 Å². The number of nitrogens with one attached hydrogen (secondary N) is 1. The number of quaternary nitrogens is 1. The van der Waals surface area contributed by atoms with Crippen molar-refractivity contribution in [2.75, 3.05) is 51.3 Å². The van der Waals surface area contributed by atoms with E-state index in [2.05, 4.69) is 52.1 Å². The van der Waals surface area contributed by atoms with E-state index in [9.17, 15) is 9.59 Å². The highest BCUT2D eigenvalue weighted by Crippen LogP contribution is 2.31. The van der Waals surface area contributed by atoms with E-state index in [1.54, 1.807) is 0 Å². The van der Waals surface area contributed by atoms with Crippen molar-refractivity contribution < 1.29 is 18.8 Å². The highest BCUT2D eigenvalue weighted by Gasteiger charge is 2.41. The number of likely N-dealkylation sites (tertiary alicyclic amines) is 1. The number of benzene rings is 2. The number of ether oxygens (including phenoxy) is 1. The molecule has 2 fully saturated rings. The minimum absolute atomic E-state index is 0.0542. The van der Waals surface area contributed by atoms with Gasteiger partial charge in [-0.05, 0) is 60.1 Å². The number of anilines is 1. The third-order valence-electron chi connectivity index (χ3n) is 9.63. The first-order valence-corrected chi connectivity index (χ1v) is 16.0. The van der Waals surface area contributed by atoms with E-state index in [0.29, 0.717) is 37.9 Å². The predicted molar refractivity (Wildman–Crippen MR) is 171 cm³/mol. The van der Waals surface area contributed by atoms with Gasteiger partial charge in [-0.25, -0.2) is 0 Å². The number of hydrogen-bond donors (Lipinski definition) is 2. The highest BCUT2D eigenvalue weighted by atomic mass is 16.5. The van der Waals surface area contributed by atoms with Crippen LogP contribution in [0.2, 0.25) is 0 Å². The first-order chi connectivity index (χ1) is 20.0. The normalized spacial score (nSPS) is 22.8. The Labute approximate surface area is 253 Å². The Morgan fingerprint density at radius 3 is 2.36 bits per heavy atom. The van der Waals surface area contributed by atoms with Gasteiger partial charge < -0.3 is 25.2 Å². The molecule has 2 unspecified atom stereocenters. The summed E-state index contributed by atoms with van der Waals surface area (Å²) in [6, 6.07) is 16.2. The number of hydrogen-bond acceptors (Lipinski definition) is 4. The third-order valence-corrected chi connectivity index (χ3v) is 9.63. The molecule has 230 valence electrons. The number of carbonyl (C=O) groups is 2. The summed E-state index contributed by atoms with van der Waals surface area (Å²) in [4.78, 5) is 28.0. The fraction of sp³-hybridized carbons (Fsp3) is 0.600. The lowest BCUT2D eigenvalue weighted by Gasteiger charge is -2.49. The van der Waals surface area contributed by atoms with Crippen molar-refractivity contribution >= 4 is 17.5 Å². The van der Waals surface area contributed by atoms with Gasteiger partial charge in [0.2, 0.25) is 5.91 Å². The van der Waals surface area contributed by atoms with Gasteiger partial charge in [0.05, 0.1) is 44.9 Å². The first kappa shape index (κ1) is 32.2. The van der Waals surface area contributed by atoms with Gasteiger partial charge in [0.1, 0.15) is 0 Å². The molecule has 0 aromatic heterocycles. The van der Waals surface area contributed by atoms with Crippen molar-refractivity contribution in [1.82, 2.24) is 4.90 Å². The van der Waals surface area contributed by atoms with Crippen LogP contribution < -0.4 is 11.1 Å². The van der Waals surface area contributed by atoms with Gasteiger partial charge in [-0.2, -0.15) is 0 Å². The maximum absolute atomic E-state index is 13.1. The van der Waals surface area contributed by atoms with E-state index in [-0.39, 0.29) is 23.1 Å². The summed E-state index contributed by atoms with van der Waals surface area (Å²) in [7, 11) is 0. The third kappa shape index (κ3) is 8.00. The number of rotatable bonds is 10. The summed E-state index contributed by atoms with van der Waals surface area (Å²) in [6.45, 7) is 16.9. The molecule has 0 spiro atoms. The van der Waals surface area contributed by atoms with E-state index in [4.69, 9.17) is 10.5 Å². The minimum Gasteiger partial charge on any atom is -0.378 e. The van der Waals surface area contributed by atoms with Gasteiger partial charge in [0, 0.05) is 43.6 Å². The Bertz CT molecular complexity index is 1180. The number of carbonyl (C=O) groups excluding carboxylic acids is 2. The second-order valence-electron chi connectivity index (χ2n) is 13.6. The topological polar surface area (TPSA) is 84.7 Å². The van der Waals surface area contributed by atoms with Gasteiger partial charge in [-0.3, -0.25) is 9.59 Å². The van der Waals surface area contributed by atoms with Crippen molar-refractivity contribution in [3.63, 3.8) is 0 Å². The van der Waals surface area contributed by atoms with Crippen LogP contribution in [0.15, 0.2) is 48.5 Å². The molecular weight excluding hydrogens is 524 g/mol. The van der Waals surface area contributed by atoms with E-state index >= 15 is 0 Å². The van der Waals surface area contributed by atoms with Crippen molar-refractivity contribution in [1.29, 1.82) is 0 Å². The molecule has 0 aliphatic carbocycles. The fourth-order valence-corrected chi connectivity index (χ4v) is 6.65. The molecule has 2 aromatic rings. The lowest BCUT2D eigenvalue weighted by Crippen LogP contribution is -2.61. The van der Waals surface area contributed by atoms with Crippen LogP contribution in [0.4, 0.5) is 5.69 Å². The van der Waals surface area contributed by atoms with E-state index in [1.807, 2.05) is 41.3 Å². The SMILES string of the molecule is CCCC[N+]1(C(C)Cc2cccc(NC(=O)c3ccc(C(C)(C)C)cc3)c2)CCC(C(N)C(=O)N2CCOCC2)CC1. The Hall–Kier alpha value is -2.74. The van der Waals surface area contributed by atoms with Crippen molar-refractivity contribution in [3.05, 3.63) is 65.2 Å². The summed E-state index contributed by atoms with van der Waals surface area (Å²) >= 11 is 0. The van der Waals surface area contributed by atoms with Crippen LogP contribution in [0.5, 0.6) is 0 Å². The smallest absolute Gasteiger partial charge is 0.255 e. The van der Waals surface area contributed by atoms with Gasteiger partial charge in [-0.15, -0.1) is 0 Å². The maximum Gasteiger partial charge on any atom is 0.255 e. The zero-order chi connectivity index (χ0) is 30.3. The van der Waals surface area contributed by atoms with Crippen LogP contribution in [0.25, 0.3) is 0 Å². The second kappa shape index (κ2) is 14.2. The molecule has 2 aromatic carbocycles. The zero-order valence-corrected chi connectivity index (χ0v) is 26.5. The van der Waals surface area contributed by atoms with Gasteiger partial charge in [0.15, 0.2) is 0 Å². The molecule has 2 atom stereocenters. The lowest BCUT2D eigenvalue weighted by atomic mass is 9.86. The second-order valence-corrected chi connectivity index (χ2v) is 13.6. The number of amides is 2. The molecule has 42 heavy (non-hydrogen) atoms. The molecule has 2 amide bonds. The summed E-state index contributed by atoms with van der Waals surface area (Å²) in [5.74, 6) is 0.238. The number of morpholine rings is 1. The molecule has 2 aliphatic heterocycles. The van der Waals surface area contributed by atoms with Crippen LogP contribution in [0, 0.1) is 5.92 Å². The zero-order valence-electron chi connectivity index (χ0n) is 26.5. The summed E-state index contributed by atoms with van der Waals surface area (Å²) < 4.78 is 6.49. The summed E-state index contributed by atoms with van der Waals surface area (Å²) in [5, 5.41) is 3.11. The molecule has 7 heteroatoms. The molecule has 0 saturated carbocycles. The first-order valence-electron chi connectivity index (χ1n) is 16.0. The van der Waals surface area contributed by atoms with Crippen LogP contribution >= 0.6 is 0 Å². The number of nitrogens with two attached hydrogens (primary N) is 1. The van der Waals surface area contributed by atoms with Gasteiger partial charge >= 0.3 is 0 Å². The van der Waals surface area contributed by atoms with Crippen molar-refractivity contribution in [2.45, 2.75) is 84.2 Å². The molecular formula is C35H53N4O3+. The molecule has 2 heterocycles. The van der Waals surface area contributed by atoms with Gasteiger partial charge in [0.25, 0.3) is 5.91 Å². The average molecular weight is 578 g/mol. The molecule has 2 saturated heterocycles. The van der Waals surface area contributed by atoms with Crippen molar-refractivity contribution in [3.8, 4) is 0 Å². The Morgan fingerprint density at radius 1 is 1.07 bits per heavy atom. The Morgan fingerprint density at radius 2 is 1.74 bits per heavy atom. The Kier molecular flexibility index (Phi) is 10.8. The summed E-state index contributed by atoms with van der Waals surface area (Å²) in [5.41, 5.74) is 10.6. The van der Waals surface area contributed by atoms with Gasteiger partial charge in [-0.1, -0.05) is 58.4 Å². The number of piperidine rings is 1. The lowest BCUT2D eigenvalue weighted by molar-refractivity contribution is -0.954.